The van der Waals surface area contributed by atoms with Crippen LogP contribution in [0.4, 0.5) is 0 Å². The number of ether oxygens (including phenoxy) is 2. The predicted octanol–water partition coefficient (Wildman–Crippen LogP) is 1.06. The van der Waals surface area contributed by atoms with E-state index < -0.39 is 6.29 Å². The van der Waals surface area contributed by atoms with E-state index in [1.807, 2.05) is 18.2 Å². The van der Waals surface area contributed by atoms with Crippen molar-refractivity contribution in [3.63, 3.8) is 0 Å². The summed E-state index contributed by atoms with van der Waals surface area (Å²) in [5.74, 6) is -0.329. The zero-order valence-corrected chi connectivity index (χ0v) is 9.61. The van der Waals surface area contributed by atoms with E-state index >= 15 is 0 Å². The van der Waals surface area contributed by atoms with Gasteiger partial charge in [0.1, 0.15) is 0 Å². The molecule has 2 heterocycles. The molecule has 2 saturated heterocycles. The first-order valence-corrected chi connectivity index (χ1v) is 6.17. The lowest BCUT2D eigenvalue weighted by molar-refractivity contribution is -0.153. The van der Waals surface area contributed by atoms with E-state index in [-0.39, 0.29) is 35.4 Å². The molecule has 2 bridgehead atoms. The molecule has 0 spiro atoms. The summed E-state index contributed by atoms with van der Waals surface area (Å²) in [4.78, 5) is 24.3. The van der Waals surface area contributed by atoms with Crippen LogP contribution >= 0.6 is 0 Å². The average molecular weight is 244 g/mol. The molecule has 2 aliphatic heterocycles. The Morgan fingerprint density at radius 3 is 2.78 bits per heavy atom. The van der Waals surface area contributed by atoms with E-state index in [1.54, 1.807) is 12.1 Å². The van der Waals surface area contributed by atoms with Gasteiger partial charge in [-0.15, -0.1) is 0 Å². The summed E-state index contributed by atoms with van der Waals surface area (Å²) in [6.07, 6.45) is -0.791. The van der Waals surface area contributed by atoms with Crippen molar-refractivity contribution in [2.24, 2.45) is 17.8 Å². The second kappa shape index (κ2) is 3.49. The van der Waals surface area contributed by atoms with Crippen molar-refractivity contribution in [3.8, 4) is 0 Å². The van der Waals surface area contributed by atoms with Crippen molar-refractivity contribution in [1.82, 2.24) is 0 Å². The van der Waals surface area contributed by atoms with E-state index in [9.17, 15) is 9.59 Å². The van der Waals surface area contributed by atoms with Crippen molar-refractivity contribution in [2.45, 2.75) is 12.4 Å². The number of Topliss-reactive ketones (excluding diaryl/α,β-unsaturated/α-hetero) is 2. The third-order valence-corrected chi connectivity index (χ3v) is 4.14. The average Bonchev–Trinajstić information content (AvgIpc) is 3.02. The topological polar surface area (TPSA) is 52.6 Å². The van der Waals surface area contributed by atoms with E-state index in [2.05, 4.69) is 0 Å². The highest BCUT2D eigenvalue weighted by atomic mass is 16.7. The van der Waals surface area contributed by atoms with Crippen LogP contribution in [0.3, 0.4) is 0 Å². The molecule has 4 nitrogen and oxygen atoms in total. The van der Waals surface area contributed by atoms with Gasteiger partial charge in [0.15, 0.2) is 11.6 Å². The fourth-order valence-electron chi connectivity index (χ4n) is 3.22. The minimum absolute atomic E-state index is 0.0314. The molecule has 0 unspecified atom stereocenters. The van der Waals surface area contributed by atoms with Gasteiger partial charge in [-0.3, -0.25) is 9.59 Å². The van der Waals surface area contributed by atoms with E-state index in [1.165, 1.54) is 0 Å². The number of ketones is 2. The molecule has 3 aliphatic rings. The minimum atomic E-state index is -0.718. The van der Waals surface area contributed by atoms with Gasteiger partial charge in [-0.2, -0.15) is 0 Å². The lowest BCUT2D eigenvalue weighted by atomic mass is 10.0. The van der Waals surface area contributed by atoms with Gasteiger partial charge in [0.2, 0.25) is 6.29 Å². The monoisotopic (exact) mass is 244 g/mol. The normalized spacial score (nSPS) is 40.4. The predicted molar refractivity (Wildman–Crippen MR) is 60.9 cm³/mol. The lowest BCUT2D eigenvalue weighted by Crippen LogP contribution is -2.30. The van der Waals surface area contributed by atoms with Crippen LogP contribution in [0, 0.1) is 17.8 Å². The second-order valence-electron chi connectivity index (χ2n) is 5.10. The third-order valence-electron chi connectivity index (χ3n) is 4.14. The van der Waals surface area contributed by atoms with Crippen LogP contribution in [0.25, 0.3) is 0 Å². The number of rotatable bonds is 2. The summed E-state index contributed by atoms with van der Waals surface area (Å²) in [5, 5.41) is 0. The van der Waals surface area contributed by atoms with E-state index in [0.717, 1.165) is 0 Å². The summed E-state index contributed by atoms with van der Waals surface area (Å²) in [6.45, 7) is 0.441. The van der Waals surface area contributed by atoms with Gasteiger partial charge in [0, 0.05) is 23.3 Å². The summed E-state index contributed by atoms with van der Waals surface area (Å²) in [6, 6.07) is 9.15. The van der Waals surface area contributed by atoms with Crippen LogP contribution in [0.2, 0.25) is 0 Å². The van der Waals surface area contributed by atoms with Crippen molar-refractivity contribution in [2.75, 3.05) is 6.61 Å². The fraction of sp³-hybridized carbons (Fsp3) is 0.429. The Morgan fingerprint density at radius 2 is 2.00 bits per heavy atom. The Kier molecular flexibility index (Phi) is 2.02. The summed E-state index contributed by atoms with van der Waals surface area (Å²) in [5.41, 5.74) is 0.682. The molecule has 92 valence electrons. The van der Waals surface area contributed by atoms with Crippen LogP contribution in [-0.4, -0.2) is 30.6 Å². The number of carbonyl (C=O) groups is 2. The van der Waals surface area contributed by atoms with Gasteiger partial charge < -0.3 is 9.47 Å². The zero-order valence-electron chi connectivity index (χ0n) is 9.61. The van der Waals surface area contributed by atoms with Crippen LogP contribution in [-0.2, 0) is 14.3 Å². The summed E-state index contributed by atoms with van der Waals surface area (Å²) >= 11 is 0. The quantitative estimate of drug-likeness (QED) is 0.730. The molecule has 3 fully saturated rings. The van der Waals surface area contributed by atoms with E-state index in [4.69, 9.17) is 9.47 Å². The first-order chi connectivity index (χ1) is 8.77. The second-order valence-corrected chi connectivity index (χ2v) is 5.10. The molecule has 4 heteroatoms. The number of carbonyl (C=O) groups excluding carboxylic acids is 2. The number of hydrogen-bond donors (Lipinski definition) is 0. The summed E-state index contributed by atoms with van der Waals surface area (Å²) < 4.78 is 10.7. The maximum absolute atomic E-state index is 12.3. The first-order valence-electron chi connectivity index (χ1n) is 6.17. The molecule has 0 aromatic heterocycles. The number of benzene rings is 1. The Bertz CT molecular complexity index is 524. The fourth-order valence-corrected chi connectivity index (χ4v) is 3.22. The van der Waals surface area contributed by atoms with Crippen molar-refractivity contribution >= 4 is 11.6 Å². The molecular weight excluding hydrogens is 232 g/mol. The highest BCUT2D eigenvalue weighted by Crippen LogP contribution is 2.57. The molecule has 1 aromatic carbocycles. The largest absolute Gasteiger partial charge is 0.343 e. The highest BCUT2D eigenvalue weighted by molar-refractivity contribution is 6.05. The highest BCUT2D eigenvalue weighted by Gasteiger charge is 2.68. The van der Waals surface area contributed by atoms with Gasteiger partial charge >= 0.3 is 0 Å². The molecule has 4 rings (SSSR count). The van der Waals surface area contributed by atoms with Gasteiger partial charge in [0.25, 0.3) is 0 Å². The SMILES string of the molecule is O=C(c1ccccc1)[C@@H]1[C@H]2C(=O)[C@H]3OC[C@@H](O3)[C@H]12. The molecule has 0 amide bonds. The zero-order chi connectivity index (χ0) is 12.3. The molecule has 0 N–H and O–H groups in total. The van der Waals surface area contributed by atoms with Crippen molar-refractivity contribution < 1.29 is 19.1 Å². The molecule has 1 aliphatic carbocycles. The van der Waals surface area contributed by atoms with Gasteiger partial charge in [0.05, 0.1) is 12.7 Å². The molecule has 5 atom stereocenters. The first kappa shape index (κ1) is 10.4. The molecule has 18 heavy (non-hydrogen) atoms. The van der Waals surface area contributed by atoms with Crippen LogP contribution in [0.1, 0.15) is 10.4 Å². The molecular formula is C14H12O4. The molecule has 1 saturated carbocycles. The Morgan fingerprint density at radius 1 is 1.22 bits per heavy atom. The minimum Gasteiger partial charge on any atom is -0.343 e. The Hall–Kier alpha value is -1.52. The number of fused-ring (bicyclic) bond motifs is 4. The maximum Gasteiger partial charge on any atom is 0.218 e. The van der Waals surface area contributed by atoms with Crippen LogP contribution in [0.5, 0.6) is 0 Å². The van der Waals surface area contributed by atoms with Gasteiger partial charge in [-0.25, -0.2) is 0 Å². The lowest BCUT2D eigenvalue weighted by Gasteiger charge is -2.14. The summed E-state index contributed by atoms with van der Waals surface area (Å²) in [7, 11) is 0. The van der Waals surface area contributed by atoms with E-state index in [0.29, 0.717) is 12.2 Å². The number of hydrogen-bond acceptors (Lipinski definition) is 4. The van der Waals surface area contributed by atoms with Crippen molar-refractivity contribution in [3.05, 3.63) is 35.9 Å². The van der Waals surface area contributed by atoms with Gasteiger partial charge in [-0.05, 0) is 0 Å². The molecule has 1 aromatic rings. The van der Waals surface area contributed by atoms with Crippen molar-refractivity contribution in [1.29, 1.82) is 0 Å². The third kappa shape index (κ3) is 1.27. The van der Waals surface area contributed by atoms with Crippen LogP contribution in [0.15, 0.2) is 30.3 Å². The Balaban J connectivity index is 1.62. The Labute approximate surface area is 104 Å². The maximum atomic E-state index is 12.3. The smallest absolute Gasteiger partial charge is 0.218 e. The standard InChI is InChI=1S/C14H12O4/c15-12(7-4-2-1-3-5-7)10-9-8-6-17-14(18-8)13(16)11(9)10/h1-5,8-11,14H,6H2/t8-,9-,10+,11+,14+/m1/s1. The van der Waals surface area contributed by atoms with Gasteiger partial charge in [-0.1, -0.05) is 30.3 Å². The molecule has 0 radical (unpaired) electrons. The van der Waals surface area contributed by atoms with Crippen LogP contribution < -0.4 is 0 Å².